The zero-order chi connectivity index (χ0) is 15.2. The maximum absolute atomic E-state index is 12.0. The summed E-state index contributed by atoms with van der Waals surface area (Å²) in [6, 6.07) is 7.21. The van der Waals surface area contributed by atoms with Crippen molar-refractivity contribution >= 4 is 17.5 Å². The number of carbonyl (C=O) groups is 2. The Morgan fingerprint density at radius 2 is 2.29 bits per heavy atom. The number of ether oxygens (including phenoxy) is 1. The van der Waals surface area contributed by atoms with E-state index in [9.17, 15) is 9.59 Å². The number of hydrogen-bond acceptors (Lipinski definition) is 4. The van der Waals surface area contributed by atoms with Gasteiger partial charge in [0.25, 0.3) is 0 Å². The van der Waals surface area contributed by atoms with Crippen molar-refractivity contribution in [3.63, 3.8) is 0 Å². The molecule has 6 heteroatoms. The molecule has 0 saturated carbocycles. The molecule has 0 bridgehead atoms. The number of rotatable bonds is 5. The molecule has 1 aliphatic rings. The molecule has 21 heavy (non-hydrogen) atoms. The van der Waals surface area contributed by atoms with Crippen molar-refractivity contribution in [2.24, 2.45) is 11.7 Å². The number of hydrogen-bond donors (Lipinski definition) is 2. The van der Waals surface area contributed by atoms with Gasteiger partial charge in [0, 0.05) is 18.3 Å². The van der Waals surface area contributed by atoms with Crippen LogP contribution in [0.2, 0.25) is 0 Å². The van der Waals surface area contributed by atoms with Crippen LogP contribution < -0.4 is 15.8 Å². The van der Waals surface area contributed by atoms with Gasteiger partial charge in [-0.15, -0.1) is 0 Å². The first-order chi connectivity index (χ1) is 10.1. The number of benzene rings is 1. The third kappa shape index (κ3) is 4.46. The highest BCUT2D eigenvalue weighted by Gasteiger charge is 2.25. The van der Waals surface area contributed by atoms with E-state index in [-0.39, 0.29) is 24.3 Å². The lowest BCUT2D eigenvalue weighted by molar-refractivity contribution is -0.125. The first-order valence-corrected chi connectivity index (χ1v) is 7.04. The first-order valence-electron chi connectivity index (χ1n) is 7.04. The Morgan fingerprint density at radius 3 is 3.00 bits per heavy atom. The van der Waals surface area contributed by atoms with Crippen LogP contribution >= 0.6 is 0 Å². The molecule has 1 fully saturated rings. The van der Waals surface area contributed by atoms with E-state index in [1.807, 2.05) is 23.1 Å². The molecular formula is C15H21N3O3. The number of amides is 2. The van der Waals surface area contributed by atoms with Crippen molar-refractivity contribution < 1.29 is 14.3 Å². The summed E-state index contributed by atoms with van der Waals surface area (Å²) >= 11 is 0. The average molecular weight is 291 g/mol. The van der Waals surface area contributed by atoms with Crippen LogP contribution in [0.3, 0.4) is 0 Å². The maximum Gasteiger partial charge on any atom is 0.238 e. The summed E-state index contributed by atoms with van der Waals surface area (Å²) in [6.45, 7) is 1.64. The monoisotopic (exact) mass is 291 g/mol. The molecule has 1 saturated heterocycles. The maximum atomic E-state index is 12.0. The standard InChI is InChI=1S/C15H21N3O3/c1-21-13-6-2-5-12(8-13)17-14(19)10-18-7-3-4-11(9-18)15(16)20/h2,5-6,8,11H,3-4,7,9-10H2,1H3,(H2,16,20)(H,17,19)/t11-/m0/s1. The minimum atomic E-state index is -0.284. The Labute approximate surface area is 124 Å². The summed E-state index contributed by atoms with van der Waals surface area (Å²) in [6.07, 6.45) is 1.70. The number of nitrogens with one attached hydrogen (secondary N) is 1. The predicted octanol–water partition coefficient (Wildman–Crippen LogP) is 0.831. The van der Waals surface area contributed by atoms with Crippen molar-refractivity contribution in [2.45, 2.75) is 12.8 Å². The van der Waals surface area contributed by atoms with E-state index in [0.717, 1.165) is 19.4 Å². The van der Waals surface area contributed by atoms with E-state index in [4.69, 9.17) is 10.5 Å². The van der Waals surface area contributed by atoms with E-state index in [1.165, 1.54) is 0 Å². The first kappa shape index (κ1) is 15.3. The summed E-state index contributed by atoms with van der Waals surface area (Å²) < 4.78 is 5.11. The third-order valence-corrected chi connectivity index (χ3v) is 3.63. The van der Waals surface area contributed by atoms with Gasteiger partial charge in [-0.1, -0.05) is 6.07 Å². The molecule has 1 aromatic rings. The molecule has 2 amide bonds. The third-order valence-electron chi connectivity index (χ3n) is 3.63. The van der Waals surface area contributed by atoms with Crippen LogP contribution in [0.5, 0.6) is 5.75 Å². The summed E-state index contributed by atoms with van der Waals surface area (Å²) in [4.78, 5) is 25.2. The molecule has 3 N–H and O–H groups in total. The summed E-state index contributed by atoms with van der Waals surface area (Å²) in [7, 11) is 1.58. The molecule has 0 spiro atoms. The molecule has 114 valence electrons. The summed E-state index contributed by atoms with van der Waals surface area (Å²) in [5.74, 6) is 0.157. The van der Waals surface area contributed by atoms with Gasteiger partial charge in [-0.3, -0.25) is 14.5 Å². The van der Waals surface area contributed by atoms with Gasteiger partial charge in [0.05, 0.1) is 19.6 Å². The SMILES string of the molecule is COc1cccc(NC(=O)CN2CCC[C@H](C(N)=O)C2)c1. The molecule has 1 atom stereocenters. The molecule has 6 nitrogen and oxygen atoms in total. The van der Waals surface area contributed by atoms with Gasteiger partial charge in [0.1, 0.15) is 5.75 Å². The predicted molar refractivity (Wildman–Crippen MR) is 80.0 cm³/mol. The van der Waals surface area contributed by atoms with E-state index in [0.29, 0.717) is 18.0 Å². The summed E-state index contributed by atoms with van der Waals surface area (Å²) in [5, 5.41) is 2.83. The minimum absolute atomic E-state index is 0.103. The van der Waals surface area contributed by atoms with Gasteiger partial charge in [0.2, 0.25) is 11.8 Å². The number of primary amides is 1. The Balaban J connectivity index is 1.87. The van der Waals surface area contributed by atoms with Crippen LogP contribution in [-0.4, -0.2) is 43.5 Å². The van der Waals surface area contributed by atoms with Crippen LogP contribution in [0.4, 0.5) is 5.69 Å². The van der Waals surface area contributed by atoms with Crippen molar-refractivity contribution in [3.05, 3.63) is 24.3 Å². The number of piperidine rings is 1. The number of likely N-dealkylation sites (tertiary alicyclic amines) is 1. The fourth-order valence-corrected chi connectivity index (χ4v) is 2.54. The molecular weight excluding hydrogens is 270 g/mol. The Morgan fingerprint density at radius 1 is 1.48 bits per heavy atom. The van der Waals surface area contributed by atoms with Crippen LogP contribution in [0.15, 0.2) is 24.3 Å². The second kappa shape index (κ2) is 7.08. The van der Waals surface area contributed by atoms with Gasteiger partial charge in [0.15, 0.2) is 0 Å². The molecule has 2 rings (SSSR count). The van der Waals surface area contributed by atoms with Crippen molar-refractivity contribution in [2.75, 3.05) is 32.1 Å². The van der Waals surface area contributed by atoms with Gasteiger partial charge in [-0.05, 0) is 31.5 Å². The number of anilines is 1. The number of carbonyl (C=O) groups excluding carboxylic acids is 2. The van der Waals surface area contributed by atoms with E-state index in [1.54, 1.807) is 13.2 Å². The Kier molecular flexibility index (Phi) is 5.16. The lowest BCUT2D eigenvalue weighted by atomic mass is 9.97. The molecule has 0 unspecified atom stereocenters. The second-order valence-corrected chi connectivity index (χ2v) is 5.26. The fraction of sp³-hybridized carbons (Fsp3) is 0.467. The summed E-state index contributed by atoms with van der Waals surface area (Å²) in [5.41, 5.74) is 6.03. The highest BCUT2D eigenvalue weighted by atomic mass is 16.5. The zero-order valence-electron chi connectivity index (χ0n) is 12.2. The van der Waals surface area contributed by atoms with Crippen LogP contribution in [-0.2, 0) is 9.59 Å². The largest absolute Gasteiger partial charge is 0.497 e. The highest BCUT2D eigenvalue weighted by Crippen LogP contribution is 2.18. The quantitative estimate of drug-likeness (QED) is 0.841. The molecule has 1 heterocycles. The Hall–Kier alpha value is -2.08. The van der Waals surface area contributed by atoms with Gasteiger partial charge in [-0.2, -0.15) is 0 Å². The fourth-order valence-electron chi connectivity index (χ4n) is 2.54. The van der Waals surface area contributed by atoms with E-state index >= 15 is 0 Å². The Bertz CT molecular complexity index is 519. The number of nitrogens with two attached hydrogens (primary N) is 1. The van der Waals surface area contributed by atoms with Crippen LogP contribution in [0.25, 0.3) is 0 Å². The van der Waals surface area contributed by atoms with E-state index < -0.39 is 0 Å². The highest BCUT2D eigenvalue weighted by molar-refractivity contribution is 5.92. The molecule has 0 aromatic heterocycles. The van der Waals surface area contributed by atoms with Gasteiger partial charge in [-0.25, -0.2) is 0 Å². The second-order valence-electron chi connectivity index (χ2n) is 5.26. The van der Waals surface area contributed by atoms with Crippen LogP contribution in [0, 0.1) is 5.92 Å². The van der Waals surface area contributed by atoms with E-state index in [2.05, 4.69) is 5.32 Å². The van der Waals surface area contributed by atoms with Gasteiger partial charge < -0.3 is 15.8 Å². The molecule has 1 aromatic carbocycles. The minimum Gasteiger partial charge on any atom is -0.497 e. The molecule has 1 aliphatic heterocycles. The number of methoxy groups -OCH3 is 1. The van der Waals surface area contributed by atoms with Crippen molar-refractivity contribution in [1.82, 2.24) is 4.90 Å². The lowest BCUT2D eigenvalue weighted by Crippen LogP contribution is -2.44. The van der Waals surface area contributed by atoms with Crippen molar-refractivity contribution in [1.29, 1.82) is 0 Å². The lowest BCUT2D eigenvalue weighted by Gasteiger charge is -2.30. The molecule has 0 aliphatic carbocycles. The van der Waals surface area contributed by atoms with Crippen LogP contribution in [0.1, 0.15) is 12.8 Å². The molecule has 0 radical (unpaired) electrons. The smallest absolute Gasteiger partial charge is 0.238 e. The number of nitrogens with zero attached hydrogens (tertiary/aromatic N) is 1. The normalized spacial score (nSPS) is 19.0. The zero-order valence-corrected chi connectivity index (χ0v) is 12.2. The van der Waals surface area contributed by atoms with Crippen molar-refractivity contribution in [3.8, 4) is 5.75 Å². The average Bonchev–Trinajstić information content (AvgIpc) is 2.47. The topological polar surface area (TPSA) is 84.7 Å². The van der Waals surface area contributed by atoms with Gasteiger partial charge >= 0.3 is 0 Å².